The first kappa shape index (κ1) is 16.2. The van der Waals surface area contributed by atoms with E-state index in [9.17, 15) is 22.7 Å². The molecule has 2 aromatic rings. The summed E-state index contributed by atoms with van der Waals surface area (Å²) in [5.41, 5.74) is -1.12. The molecule has 8 heteroatoms. The molecule has 0 bridgehead atoms. The number of ether oxygens (including phenoxy) is 1. The standard InChI is InChI=1S/C16H10F4N2O2/c17-9-3-8(6-21)4-10(5-9)24-15-11-1-2-13(23)14(11)12(7-22-15)16(18,19)20/h3-5,7,13,23H,1-2H2. The lowest BCUT2D eigenvalue weighted by molar-refractivity contribution is -0.139. The molecule has 1 aliphatic rings. The van der Waals surface area contributed by atoms with Gasteiger partial charge in [0.2, 0.25) is 5.88 Å². The van der Waals surface area contributed by atoms with E-state index in [2.05, 4.69) is 4.98 Å². The topological polar surface area (TPSA) is 66.1 Å². The summed E-state index contributed by atoms with van der Waals surface area (Å²) in [7, 11) is 0. The predicted molar refractivity (Wildman–Crippen MR) is 73.7 cm³/mol. The fraction of sp³-hybridized carbons (Fsp3) is 0.250. The van der Waals surface area contributed by atoms with E-state index >= 15 is 0 Å². The zero-order valence-electron chi connectivity index (χ0n) is 12.1. The fourth-order valence-corrected chi connectivity index (χ4v) is 2.71. The number of benzene rings is 1. The molecule has 24 heavy (non-hydrogen) atoms. The van der Waals surface area contributed by atoms with E-state index < -0.39 is 23.7 Å². The van der Waals surface area contributed by atoms with E-state index in [0.29, 0.717) is 6.20 Å². The fourth-order valence-electron chi connectivity index (χ4n) is 2.71. The second kappa shape index (κ2) is 5.76. The third kappa shape index (κ3) is 2.90. The lowest BCUT2D eigenvalue weighted by Gasteiger charge is -2.16. The van der Waals surface area contributed by atoms with Gasteiger partial charge in [-0.15, -0.1) is 0 Å². The molecule has 3 rings (SSSR count). The van der Waals surface area contributed by atoms with Crippen molar-refractivity contribution in [3.05, 3.63) is 52.5 Å². The molecule has 124 valence electrons. The Morgan fingerprint density at radius 2 is 2.04 bits per heavy atom. The Bertz CT molecular complexity index is 843. The van der Waals surface area contributed by atoms with Gasteiger partial charge in [-0.2, -0.15) is 18.4 Å². The van der Waals surface area contributed by atoms with Crippen molar-refractivity contribution >= 4 is 0 Å². The number of nitrogens with zero attached hydrogens (tertiary/aromatic N) is 2. The predicted octanol–water partition coefficient (Wildman–Crippen LogP) is 3.88. The molecule has 0 aliphatic heterocycles. The minimum Gasteiger partial charge on any atom is -0.439 e. The lowest BCUT2D eigenvalue weighted by atomic mass is 10.0. The van der Waals surface area contributed by atoms with Gasteiger partial charge in [-0.3, -0.25) is 0 Å². The number of aliphatic hydroxyl groups is 1. The van der Waals surface area contributed by atoms with Crippen LogP contribution in [-0.2, 0) is 12.6 Å². The second-order valence-electron chi connectivity index (χ2n) is 5.31. The molecule has 0 saturated carbocycles. The van der Waals surface area contributed by atoms with Crippen molar-refractivity contribution < 1.29 is 27.4 Å². The number of fused-ring (bicyclic) bond motifs is 1. The molecule has 1 heterocycles. The molecule has 1 atom stereocenters. The molecule has 0 saturated heterocycles. The summed E-state index contributed by atoms with van der Waals surface area (Å²) in [6.45, 7) is 0. The van der Waals surface area contributed by atoms with Crippen LogP contribution in [0.15, 0.2) is 24.4 Å². The van der Waals surface area contributed by atoms with Crippen LogP contribution in [0.3, 0.4) is 0 Å². The molecule has 1 aromatic heterocycles. The van der Waals surface area contributed by atoms with Crippen LogP contribution in [0.25, 0.3) is 0 Å². The van der Waals surface area contributed by atoms with Gasteiger partial charge in [0.05, 0.1) is 23.3 Å². The molecule has 0 amide bonds. The first-order chi connectivity index (χ1) is 11.3. The smallest absolute Gasteiger partial charge is 0.418 e. The van der Waals surface area contributed by atoms with Crippen molar-refractivity contribution in [2.45, 2.75) is 25.1 Å². The Balaban J connectivity index is 2.05. The summed E-state index contributed by atoms with van der Waals surface area (Å²) < 4.78 is 58.0. The molecule has 0 radical (unpaired) electrons. The van der Waals surface area contributed by atoms with Gasteiger partial charge in [0.25, 0.3) is 0 Å². The highest BCUT2D eigenvalue weighted by molar-refractivity contribution is 5.48. The Hall–Kier alpha value is -2.66. The Kier molecular flexibility index (Phi) is 3.89. The largest absolute Gasteiger partial charge is 0.439 e. The van der Waals surface area contributed by atoms with E-state index in [0.717, 1.165) is 12.1 Å². The van der Waals surface area contributed by atoms with Gasteiger partial charge in [-0.25, -0.2) is 9.37 Å². The van der Waals surface area contributed by atoms with Crippen LogP contribution in [0.4, 0.5) is 17.6 Å². The van der Waals surface area contributed by atoms with E-state index in [1.807, 2.05) is 0 Å². The summed E-state index contributed by atoms with van der Waals surface area (Å²) >= 11 is 0. The van der Waals surface area contributed by atoms with Crippen molar-refractivity contribution in [3.8, 4) is 17.7 Å². The molecule has 4 nitrogen and oxygen atoms in total. The minimum atomic E-state index is -4.65. The van der Waals surface area contributed by atoms with Crippen LogP contribution in [0.5, 0.6) is 11.6 Å². The van der Waals surface area contributed by atoms with Crippen LogP contribution in [0.1, 0.15) is 34.8 Å². The summed E-state index contributed by atoms with van der Waals surface area (Å²) in [5, 5.41) is 18.7. The number of hydrogen-bond donors (Lipinski definition) is 1. The summed E-state index contributed by atoms with van der Waals surface area (Å²) in [5.74, 6) is -0.904. The van der Waals surface area contributed by atoms with E-state index in [-0.39, 0.29) is 41.2 Å². The molecule has 1 aromatic carbocycles. The van der Waals surface area contributed by atoms with E-state index in [1.54, 1.807) is 6.07 Å². The van der Waals surface area contributed by atoms with Crippen molar-refractivity contribution in [1.82, 2.24) is 4.98 Å². The Morgan fingerprint density at radius 1 is 1.29 bits per heavy atom. The number of nitriles is 1. The maximum atomic E-state index is 13.4. The van der Waals surface area contributed by atoms with Crippen molar-refractivity contribution in [2.24, 2.45) is 0 Å². The van der Waals surface area contributed by atoms with Crippen LogP contribution in [0.2, 0.25) is 0 Å². The van der Waals surface area contributed by atoms with Gasteiger partial charge in [-0.05, 0) is 25.0 Å². The minimum absolute atomic E-state index is 0.00796. The number of alkyl halides is 3. The number of rotatable bonds is 2. The first-order valence-electron chi connectivity index (χ1n) is 6.95. The number of halogens is 4. The maximum Gasteiger partial charge on any atom is 0.418 e. The van der Waals surface area contributed by atoms with Crippen LogP contribution in [-0.4, -0.2) is 10.1 Å². The van der Waals surface area contributed by atoms with Gasteiger partial charge in [0.15, 0.2) is 0 Å². The normalized spacial score (nSPS) is 16.6. The molecular weight excluding hydrogens is 328 g/mol. The molecule has 1 unspecified atom stereocenters. The maximum absolute atomic E-state index is 13.4. The van der Waals surface area contributed by atoms with Gasteiger partial charge < -0.3 is 9.84 Å². The highest BCUT2D eigenvalue weighted by Gasteiger charge is 2.40. The zero-order chi connectivity index (χ0) is 17.5. The number of hydrogen-bond acceptors (Lipinski definition) is 4. The SMILES string of the molecule is N#Cc1cc(F)cc(Oc2ncc(C(F)(F)F)c3c2CCC3O)c1. The summed E-state index contributed by atoms with van der Waals surface area (Å²) in [6.07, 6.45) is -5.04. The van der Waals surface area contributed by atoms with Gasteiger partial charge in [0.1, 0.15) is 11.6 Å². The Morgan fingerprint density at radius 3 is 2.71 bits per heavy atom. The third-order valence-electron chi connectivity index (χ3n) is 3.71. The van der Waals surface area contributed by atoms with Crippen molar-refractivity contribution in [1.29, 1.82) is 5.26 Å². The molecular formula is C16H10F4N2O2. The lowest BCUT2D eigenvalue weighted by Crippen LogP contribution is -2.12. The molecule has 1 N–H and O–H groups in total. The van der Waals surface area contributed by atoms with Crippen LogP contribution >= 0.6 is 0 Å². The zero-order valence-corrected chi connectivity index (χ0v) is 12.1. The number of aromatic nitrogens is 1. The molecule has 0 spiro atoms. The average molecular weight is 338 g/mol. The van der Waals surface area contributed by atoms with Gasteiger partial charge in [-0.1, -0.05) is 0 Å². The van der Waals surface area contributed by atoms with Crippen molar-refractivity contribution in [2.75, 3.05) is 0 Å². The number of aliphatic hydroxyl groups excluding tert-OH is 1. The van der Waals surface area contributed by atoms with Gasteiger partial charge in [0, 0.05) is 23.4 Å². The van der Waals surface area contributed by atoms with Gasteiger partial charge >= 0.3 is 6.18 Å². The Labute approximate surface area is 133 Å². The first-order valence-corrected chi connectivity index (χ1v) is 6.95. The van der Waals surface area contributed by atoms with Crippen LogP contribution < -0.4 is 4.74 Å². The van der Waals surface area contributed by atoms with E-state index in [1.165, 1.54) is 6.07 Å². The summed E-state index contributed by atoms with van der Waals surface area (Å²) in [6, 6.07) is 5.00. The van der Waals surface area contributed by atoms with Crippen LogP contribution in [0, 0.1) is 17.1 Å². The quantitative estimate of drug-likeness (QED) is 0.844. The highest BCUT2D eigenvalue weighted by Crippen LogP contribution is 2.44. The van der Waals surface area contributed by atoms with Crippen molar-refractivity contribution in [3.63, 3.8) is 0 Å². The second-order valence-corrected chi connectivity index (χ2v) is 5.31. The third-order valence-corrected chi connectivity index (χ3v) is 3.71. The molecule has 1 aliphatic carbocycles. The average Bonchev–Trinajstić information content (AvgIpc) is 2.88. The highest BCUT2D eigenvalue weighted by atomic mass is 19.4. The number of pyridine rings is 1. The molecule has 0 fully saturated rings. The summed E-state index contributed by atoms with van der Waals surface area (Å²) in [4.78, 5) is 3.67. The monoisotopic (exact) mass is 338 g/mol. The van der Waals surface area contributed by atoms with E-state index in [4.69, 9.17) is 10.00 Å².